The van der Waals surface area contributed by atoms with Gasteiger partial charge in [0.05, 0.1) is 32.9 Å². The van der Waals surface area contributed by atoms with E-state index in [-0.39, 0.29) is 34.7 Å². The first kappa shape index (κ1) is 24.6. The van der Waals surface area contributed by atoms with E-state index in [1.165, 1.54) is 16.9 Å². The molecule has 0 aliphatic heterocycles. The minimum Gasteiger partial charge on any atom is -0.393 e. The Labute approximate surface area is 217 Å². The molecule has 3 saturated carbocycles. The van der Waals surface area contributed by atoms with Crippen LogP contribution in [-0.2, 0) is 20.4 Å². The highest BCUT2D eigenvalue weighted by Crippen LogP contribution is 2.67. The maximum Gasteiger partial charge on any atom is 0.182 e. The number of thiazole rings is 1. The lowest BCUT2D eigenvalue weighted by Crippen LogP contribution is -2.62. The average molecular weight is 528 g/mol. The number of carbonyl (C=O) groups excluding carboxylic acids is 2. The van der Waals surface area contributed by atoms with Crippen molar-refractivity contribution in [3.05, 3.63) is 35.9 Å². The number of ketones is 2. The summed E-state index contributed by atoms with van der Waals surface area (Å²) >= 11 is 1.32. The van der Waals surface area contributed by atoms with Gasteiger partial charge in [0.1, 0.15) is 5.60 Å². The fraction of sp³-hybridized carbons (Fsp3) is 0.607. The van der Waals surface area contributed by atoms with Gasteiger partial charge in [-0.05, 0) is 79.9 Å². The Morgan fingerprint density at radius 2 is 1.97 bits per heavy atom. The quantitative estimate of drug-likeness (QED) is 0.617. The normalized spacial score (nSPS) is 40.8. The summed E-state index contributed by atoms with van der Waals surface area (Å²) in [5.74, 6) is -0.176. The Hall–Kier alpha value is -1.74. The van der Waals surface area contributed by atoms with Crippen LogP contribution in [-0.4, -0.2) is 48.4 Å². The van der Waals surface area contributed by atoms with E-state index < -0.39 is 33.7 Å². The van der Waals surface area contributed by atoms with Crippen LogP contribution in [0.2, 0.25) is 0 Å². The number of allylic oxidation sites excluding steroid dienone is 1. The topological polar surface area (TPSA) is 105 Å². The molecule has 3 fully saturated rings. The zero-order valence-electron chi connectivity index (χ0n) is 20.7. The summed E-state index contributed by atoms with van der Waals surface area (Å²) < 4.78 is 14.5. The fourth-order valence-corrected chi connectivity index (χ4v) is 10.7. The molecule has 1 heterocycles. The zero-order chi connectivity index (χ0) is 25.5. The molecule has 2 aromatic rings. The number of nitrogens with zero attached hydrogens (tertiary/aromatic N) is 1. The highest BCUT2D eigenvalue weighted by Gasteiger charge is 2.68. The number of benzene rings is 1. The number of aliphatic hydroxyl groups excluding tert-OH is 1. The summed E-state index contributed by atoms with van der Waals surface area (Å²) in [4.78, 5) is 30.2. The molecule has 0 amide bonds. The van der Waals surface area contributed by atoms with Crippen LogP contribution in [0.15, 0.2) is 40.3 Å². The average Bonchev–Trinajstić information content (AvgIpc) is 3.39. The van der Waals surface area contributed by atoms with Gasteiger partial charge >= 0.3 is 0 Å². The number of hydrogen-bond acceptors (Lipinski definition) is 7. The molecule has 192 valence electrons. The lowest BCUT2D eigenvalue weighted by atomic mass is 9.45. The molecular formula is C28H33NO5S2. The third kappa shape index (κ3) is 3.40. The van der Waals surface area contributed by atoms with Gasteiger partial charge in [0.25, 0.3) is 0 Å². The molecule has 0 radical (unpaired) electrons. The fourth-order valence-electron chi connectivity index (χ4n) is 8.40. The molecule has 1 aromatic heterocycles. The van der Waals surface area contributed by atoms with E-state index in [0.29, 0.717) is 30.0 Å². The van der Waals surface area contributed by atoms with Crippen molar-refractivity contribution in [3.63, 3.8) is 0 Å². The first-order chi connectivity index (χ1) is 17.1. The van der Waals surface area contributed by atoms with Crippen molar-refractivity contribution in [1.82, 2.24) is 4.98 Å². The van der Waals surface area contributed by atoms with Gasteiger partial charge in [-0.1, -0.05) is 31.6 Å². The Morgan fingerprint density at radius 3 is 2.75 bits per heavy atom. The van der Waals surface area contributed by atoms with Crippen molar-refractivity contribution >= 4 is 43.9 Å². The van der Waals surface area contributed by atoms with Gasteiger partial charge in [0.2, 0.25) is 0 Å². The van der Waals surface area contributed by atoms with Crippen LogP contribution in [0.5, 0.6) is 0 Å². The summed E-state index contributed by atoms with van der Waals surface area (Å²) in [7, 11) is -1.63. The van der Waals surface area contributed by atoms with Crippen molar-refractivity contribution in [1.29, 1.82) is 0 Å². The van der Waals surface area contributed by atoms with Crippen LogP contribution < -0.4 is 0 Å². The van der Waals surface area contributed by atoms with E-state index in [1.807, 2.05) is 37.3 Å². The minimum atomic E-state index is -1.63. The van der Waals surface area contributed by atoms with Gasteiger partial charge in [-0.3, -0.25) is 13.8 Å². The van der Waals surface area contributed by atoms with E-state index >= 15 is 0 Å². The number of rotatable bonds is 4. The van der Waals surface area contributed by atoms with Crippen LogP contribution in [0.25, 0.3) is 10.2 Å². The van der Waals surface area contributed by atoms with Gasteiger partial charge in [0.15, 0.2) is 15.9 Å². The maximum atomic E-state index is 13.6. The Bertz CT molecular complexity index is 1290. The lowest BCUT2D eigenvalue weighted by Gasteiger charge is -2.60. The molecule has 1 aromatic carbocycles. The van der Waals surface area contributed by atoms with Gasteiger partial charge in [-0.25, -0.2) is 4.98 Å². The number of para-hydroxylation sites is 1. The van der Waals surface area contributed by atoms with E-state index in [0.717, 1.165) is 29.5 Å². The molecule has 8 atom stereocenters. The highest BCUT2D eigenvalue weighted by molar-refractivity contribution is 7.88. The molecular weight excluding hydrogens is 494 g/mol. The van der Waals surface area contributed by atoms with Crippen molar-refractivity contribution in [2.24, 2.45) is 28.6 Å². The second-order valence-electron chi connectivity index (χ2n) is 11.8. The van der Waals surface area contributed by atoms with Crippen molar-refractivity contribution in [2.45, 2.75) is 74.8 Å². The Kier molecular flexibility index (Phi) is 5.73. The summed E-state index contributed by atoms with van der Waals surface area (Å²) in [5.41, 5.74) is -0.676. The third-order valence-corrected chi connectivity index (χ3v) is 12.9. The lowest BCUT2D eigenvalue weighted by molar-refractivity contribution is -0.178. The van der Waals surface area contributed by atoms with Crippen LogP contribution in [0, 0.1) is 28.6 Å². The number of Topliss-reactive ketones (excluding diaryl/α,β-unsaturated/α-hetero) is 1. The first-order valence-electron chi connectivity index (χ1n) is 13.0. The number of fused-ring (bicyclic) bond motifs is 6. The van der Waals surface area contributed by atoms with Gasteiger partial charge in [-0.15, -0.1) is 11.3 Å². The van der Waals surface area contributed by atoms with Crippen molar-refractivity contribution < 1.29 is 24.0 Å². The predicted octanol–water partition coefficient (Wildman–Crippen LogP) is 4.21. The van der Waals surface area contributed by atoms with Gasteiger partial charge < -0.3 is 10.2 Å². The molecule has 0 saturated heterocycles. The van der Waals surface area contributed by atoms with Crippen LogP contribution in [0.1, 0.15) is 58.8 Å². The SMILES string of the molecule is CC12CCC(=O)C=C1CCC1C2[C@@H](O)CC2(C)C1CC[C@]2(O)C(=O)CS(=O)c1nc2ccccc2s1. The molecule has 8 heteroatoms. The first-order valence-corrected chi connectivity index (χ1v) is 15.1. The molecule has 0 spiro atoms. The summed E-state index contributed by atoms with van der Waals surface area (Å²) in [6, 6.07) is 7.55. The zero-order valence-corrected chi connectivity index (χ0v) is 22.4. The largest absolute Gasteiger partial charge is 0.393 e. The second kappa shape index (κ2) is 8.38. The van der Waals surface area contributed by atoms with Crippen LogP contribution in [0.4, 0.5) is 0 Å². The standard InChI is InChI=1S/C28H33NO5S2/c1-26-11-9-17(30)13-16(26)7-8-18-19-10-12-28(33,27(19,2)14-21(31)24(18)26)23(32)15-36(34)25-29-20-5-3-4-6-22(20)35-25/h3-6,13,18-19,21,24,31,33H,7-12,14-15H2,1-2H3/t18?,19?,21-,24?,26?,27?,28-,36?/m0/s1. The number of carbonyl (C=O) groups is 2. The molecule has 6 nitrogen and oxygen atoms in total. The summed E-state index contributed by atoms with van der Waals surface area (Å²) in [6.07, 6.45) is 5.49. The third-order valence-electron chi connectivity index (χ3n) is 10.2. The van der Waals surface area contributed by atoms with Gasteiger partial charge in [-0.2, -0.15) is 0 Å². The predicted molar refractivity (Wildman–Crippen MR) is 139 cm³/mol. The molecule has 4 aliphatic carbocycles. The molecule has 36 heavy (non-hydrogen) atoms. The Morgan fingerprint density at radius 1 is 1.19 bits per heavy atom. The molecule has 2 N–H and O–H groups in total. The highest BCUT2D eigenvalue weighted by atomic mass is 32.2. The number of hydrogen-bond donors (Lipinski definition) is 2. The minimum absolute atomic E-state index is 0.0259. The van der Waals surface area contributed by atoms with Crippen LogP contribution in [0.3, 0.4) is 0 Å². The van der Waals surface area contributed by atoms with Gasteiger partial charge in [0, 0.05) is 11.8 Å². The smallest absolute Gasteiger partial charge is 0.182 e. The summed E-state index contributed by atoms with van der Waals surface area (Å²) in [6.45, 7) is 4.15. The maximum absolute atomic E-state index is 13.6. The number of aliphatic hydroxyl groups is 2. The molecule has 6 unspecified atom stereocenters. The molecule has 0 bridgehead atoms. The second-order valence-corrected chi connectivity index (χ2v) is 14.5. The van der Waals surface area contributed by atoms with Crippen molar-refractivity contribution in [2.75, 3.05) is 5.75 Å². The van der Waals surface area contributed by atoms with E-state index in [2.05, 4.69) is 11.9 Å². The van der Waals surface area contributed by atoms with E-state index in [4.69, 9.17) is 0 Å². The monoisotopic (exact) mass is 527 g/mol. The number of aromatic nitrogens is 1. The van der Waals surface area contributed by atoms with Crippen LogP contribution >= 0.6 is 11.3 Å². The van der Waals surface area contributed by atoms with Crippen molar-refractivity contribution in [3.8, 4) is 0 Å². The molecule has 6 rings (SSSR count). The van der Waals surface area contributed by atoms with E-state index in [1.54, 1.807) is 0 Å². The Balaban J connectivity index is 1.27. The summed E-state index contributed by atoms with van der Waals surface area (Å²) in [5, 5.41) is 23.5. The molecule has 4 aliphatic rings. The van der Waals surface area contributed by atoms with E-state index in [9.17, 15) is 24.0 Å².